The second kappa shape index (κ2) is 3.48. The summed E-state index contributed by atoms with van der Waals surface area (Å²) in [7, 11) is 0. The molecule has 0 amide bonds. The van der Waals surface area contributed by atoms with Crippen LogP contribution in [0.15, 0.2) is 8.26 Å². The molecule has 7 heteroatoms. The molecule has 0 saturated carbocycles. The maximum absolute atomic E-state index is 10.7. The third kappa shape index (κ3) is 1.39. The van der Waals surface area contributed by atoms with E-state index in [1.165, 1.54) is 11.3 Å². The van der Waals surface area contributed by atoms with E-state index in [4.69, 9.17) is 5.11 Å². The Morgan fingerprint density at radius 2 is 1.86 bits per heavy atom. The molecule has 0 aliphatic heterocycles. The number of fused-ring (bicyclic) bond motifs is 1. The van der Waals surface area contributed by atoms with Gasteiger partial charge in [-0.2, -0.15) is 0 Å². The van der Waals surface area contributed by atoms with Crippen LogP contribution in [0.5, 0.6) is 5.75 Å². The molecule has 0 atom stereocenters. The monoisotopic (exact) mass is 356 g/mol. The first-order chi connectivity index (χ1) is 6.52. The molecular weight excluding hydrogens is 356 g/mol. The number of carbonyl (C=O) groups is 1. The van der Waals surface area contributed by atoms with Gasteiger partial charge in [0.2, 0.25) is 0 Å². The zero-order valence-electron chi connectivity index (χ0n) is 6.38. The molecule has 0 radical (unpaired) electrons. The van der Waals surface area contributed by atoms with Crippen LogP contribution in [-0.2, 0) is 0 Å². The Hall–Kier alpha value is -0.110. The highest BCUT2D eigenvalue weighted by atomic mass is 79.9. The van der Waals surface area contributed by atoms with E-state index < -0.39 is 5.97 Å². The first kappa shape index (κ1) is 10.4. The van der Waals surface area contributed by atoms with Crippen molar-refractivity contribution in [2.75, 3.05) is 0 Å². The summed E-state index contributed by atoms with van der Waals surface area (Å²) in [4.78, 5) is 10.7. The van der Waals surface area contributed by atoms with E-state index in [0.29, 0.717) is 4.70 Å². The van der Waals surface area contributed by atoms with Crippen LogP contribution in [-0.4, -0.2) is 16.2 Å². The van der Waals surface area contributed by atoms with Gasteiger partial charge in [-0.05, 0) is 31.9 Å². The lowest BCUT2D eigenvalue weighted by molar-refractivity contribution is 0.0699. The molecule has 0 aliphatic carbocycles. The van der Waals surface area contributed by atoms with Gasteiger partial charge in [0.1, 0.15) is 0 Å². The molecule has 0 bridgehead atoms. The number of hydrogen-bond donors (Lipinski definition) is 2. The molecular formula is C7H2Br2O3S2. The van der Waals surface area contributed by atoms with E-state index in [1.54, 1.807) is 0 Å². The van der Waals surface area contributed by atoms with Crippen LogP contribution < -0.4 is 0 Å². The van der Waals surface area contributed by atoms with Crippen LogP contribution in [0.25, 0.3) is 9.40 Å². The fraction of sp³-hybridized carbons (Fsp3) is 0. The van der Waals surface area contributed by atoms with Crippen LogP contribution in [0, 0.1) is 0 Å². The highest BCUT2D eigenvalue weighted by molar-refractivity contribution is 9.13. The fourth-order valence-corrected chi connectivity index (χ4v) is 4.66. The number of aromatic carboxylic acids is 1. The standard InChI is InChI=1S/C7H2Br2O3S2/c8-1-3-4(14-6(1)9)2(10)5(13-3)7(11)12/h10H,(H,11,12). The Kier molecular flexibility index (Phi) is 2.59. The van der Waals surface area contributed by atoms with Gasteiger partial charge in [0.15, 0.2) is 10.6 Å². The minimum Gasteiger partial charge on any atom is -0.505 e. The summed E-state index contributed by atoms with van der Waals surface area (Å²) < 4.78 is 3.01. The van der Waals surface area contributed by atoms with E-state index >= 15 is 0 Å². The molecule has 2 rings (SSSR count). The Morgan fingerprint density at radius 1 is 1.21 bits per heavy atom. The highest BCUT2D eigenvalue weighted by Gasteiger charge is 2.21. The molecule has 2 N–H and O–H groups in total. The van der Waals surface area contributed by atoms with Gasteiger partial charge in [0.25, 0.3) is 0 Å². The Balaban J connectivity index is 2.83. The van der Waals surface area contributed by atoms with Crippen molar-refractivity contribution in [3.63, 3.8) is 0 Å². The largest absolute Gasteiger partial charge is 0.505 e. The van der Waals surface area contributed by atoms with E-state index in [2.05, 4.69) is 31.9 Å². The van der Waals surface area contributed by atoms with E-state index in [9.17, 15) is 9.90 Å². The Labute approximate surface area is 103 Å². The summed E-state index contributed by atoms with van der Waals surface area (Å²) in [6, 6.07) is 0. The molecule has 0 fully saturated rings. The summed E-state index contributed by atoms with van der Waals surface area (Å²) in [6.07, 6.45) is 0. The number of hydrogen-bond acceptors (Lipinski definition) is 4. The number of carboxylic acids is 1. The van der Waals surface area contributed by atoms with Crippen molar-refractivity contribution in [2.45, 2.75) is 0 Å². The molecule has 14 heavy (non-hydrogen) atoms. The van der Waals surface area contributed by atoms with Crippen LogP contribution >= 0.6 is 54.5 Å². The van der Waals surface area contributed by atoms with Crippen molar-refractivity contribution in [3.8, 4) is 5.75 Å². The molecule has 2 aromatic rings. The summed E-state index contributed by atoms with van der Waals surface area (Å²) in [6.45, 7) is 0. The third-order valence-corrected chi connectivity index (χ3v) is 6.63. The lowest BCUT2D eigenvalue weighted by atomic mass is 10.4. The minimum atomic E-state index is -1.10. The number of carboxylic acid groups (broad SMARTS) is 1. The molecule has 0 unspecified atom stereocenters. The van der Waals surface area contributed by atoms with Crippen LogP contribution in [0.4, 0.5) is 0 Å². The van der Waals surface area contributed by atoms with Gasteiger partial charge in [-0.3, -0.25) is 0 Å². The first-order valence-electron chi connectivity index (χ1n) is 3.35. The van der Waals surface area contributed by atoms with Gasteiger partial charge >= 0.3 is 5.97 Å². The average Bonchev–Trinajstić information content (AvgIpc) is 2.56. The number of thiophene rings is 2. The predicted octanol–water partition coefficient (Wildman–Crippen LogP) is 3.89. The second-order valence-corrected chi connectivity index (χ2v) is 6.59. The quantitative estimate of drug-likeness (QED) is 0.813. The van der Waals surface area contributed by atoms with Crippen LogP contribution in [0.1, 0.15) is 9.67 Å². The van der Waals surface area contributed by atoms with Gasteiger partial charge in [-0.15, -0.1) is 22.7 Å². The molecule has 0 saturated heterocycles. The lowest BCUT2D eigenvalue weighted by Crippen LogP contribution is -1.90. The van der Waals surface area contributed by atoms with Crippen LogP contribution in [0.3, 0.4) is 0 Å². The first-order valence-corrected chi connectivity index (χ1v) is 6.56. The Morgan fingerprint density at radius 3 is 2.36 bits per heavy atom. The maximum atomic E-state index is 10.7. The predicted molar refractivity (Wildman–Crippen MR) is 63.7 cm³/mol. The van der Waals surface area contributed by atoms with Gasteiger partial charge in [-0.25, -0.2) is 4.79 Å². The zero-order chi connectivity index (χ0) is 10.5. The van der Waals surface area contributed by atoms with Crippen molar-refractivity contribution in [2.24, 2.45) is 0 Å². The number of halogens is 2. The van der Waals surface area contributed by atoms with Crippen molar-refractivity contribution in [1.82, 2.24) is 0 Å². The van der Waals surface area contributed by atoms with Crippen molar-refractivity contribution in [1.29, 1.82) is 0 Å². The molecule has 2 aromatic heterocycles. The van der Waals surface area contributed by atoms with Crippen molar-refractivity contribution in [3.05, 3.63) is 13.1 Å². The van der Waals surface area contributed by atoms with Crippen LogP contribution in [0.2, 0.25) is 0 Å². The lowest BCUT2D eigenvalue weighted by Gasteiger charge is -1.88. The van der Waals surface area contributed by atoms with E-state index in [1.807, 2.05) is 0 Å². The average molecular weight is 358 g/mol. The zero-order valence-corrected chi connectivity index (χ0v) is 11.2. The van der Waals surface area contributed by atoms with Crippen molar-refractivity contribution >= 4 is 69.9 Å². The highest BCUT2D eigenvalue weighted by Crippen LogP contribution is 2.49. The molecule has 2 heterocycles. The summed E-state index contributed by atoms with van der Waals surface area (Å²) in [5.41, 5.74) is 0. The number of rotatable bonds is 1. The fourth-order valence-electron chi connectivity index (χ4n) is 1.02. The van der Waals surface area contributed by atoms with Gasteiger partial charge < -0.3 is 10.2 Å². The molecule has 0 aromatic carbocycles. The molecule has 0 aliphatic rings. The second-order valence-electron chi connectivity index (χ2n) is 2.43. The summed E-state index contributed by atoms with van der Waals surface area (Å²) in [5, 5.41) is 18.4. The van der Waals surface area contributed by atoms with Gasteiger partial charge in [0.05, 0.1) is 17.7 Å². The Bertz CT molecular complexity index is 528. The number of aromatic hydroxyl groups is 1. The maximum Gasteiger partial charge on any atom is 0.349 e. The topological polar surface area (TPSA) is 57.5 Å². The van der Waals surface area contributed by atoms with Gasteiger partial charge in [-0.1, -0.05) is 0 Å². The van der Waals surface area contributed by atoms with E-state index in [0.717, 1.165) is 24.3 Å². The SMILES string of the molecule is O=C(O)c1sc2c(Br)c(Br)sc2c1O. The summed E-state index contributed by atoms with van der Waals surface area (Å²) in [5.74, 6) is -1.24. The smallest absolute Gasteiger partial charge is 0.349 e. The third-order valence-electron chi connectivity index (χ3n) is 1.60. The molecule has 3 nitrogen and oxygen atoms in total. The molecule has 74 valence electrons. The van der Waals surface area contributed by atoms with Gasteiger partial charge in [0, 0.05) is 0 Å². The van der Waals surface area contributed by atoms with E-state index in [-0.39, 0.29) is 10.6 Å². The summed E-state index contributed by atoms with van der Waals surface area (Å²) >= 11 is 8.99. The molecule has 0 spiro atoms. The normalized spacial score (nSPS) is 11.0. The minimum absolute atomic E-state index is 0.0144. The van der Waals surface area contributed by atoms with Crippen molar-refractivity contribution < 1.29 is 15.0 Å².